The number of ether oxygens (including phenoxy) is 1. The molecule has 2 aromatic heterocycles. The van der Waals surface area contributed by atoms with Crippen molar-refractivity contribution in [3.05, 3.63) is 24.4 Å². The molecular weight excluding hydrogens is 202 g/mol. The zero-order valence-electron chi connectivity index (χ0n) is 7.60. The van der Waals surface area contributed by atoms with Gasteiger partial charge in [0.2, 0.25) is 5.88 Å². The summed E-state index contributed by atoms with van der Waals surface area (Å²) in [6.07, 6.45) is 1.66. The van der Waals surface area contributed by atoms with E-state index in [0.717, 1.165) is 5.52 Å². The molecule has 2 heterocycles. The van der Waals surface area contributed by atoms with E-state index in [4.69, 9.17) is 10.5 Å². The van der Waals surface area contributed by atoms with Gasteiger partial charge < -0.3 is 10.5 Å². The summed E-state index contributed by atoms with van der Waals surface area (Å²) < 4.78 is 4.98. The van der Waals surface area contributed by atoms with Crippen LogP contribution in [-0.4, -0.2) is 17.1 Å². The third kappa shape index (κ3) is 1.70. The lowest BCUT2D eigenvalue weighted by Crippen LogP contribution is -1.93. The van der Waals surface area contributed by atoms with Crippen molar-refractivity contribution in [2.75, 3.05) is 12.8 Å². The van der Waals surface area contributed by atoms with Crippen LogP contribution in [0.25, 0.3) is 11.0 Å². The van der Waals surface area contributed by atoms with E-state index >= 15 is 0 Å². The first-order chi connectivity index (χ1) is 6.31. The van der Waals surface area contributed by atoms with Crippen molar-refractivity contribution in [3.63, 3.8) is 0 Å². The summed E-state index contributed by atoms with van der Waals surface area (Å²) in [6, 6.07) is 5.31. The Morgan fingerprint density at radius 3 is 2.79 bits per heavy atom. The van der Waals surface area contributed by atoms with Crippen molar-refractivity contribution in [1.82, 2.24) is 9.97 Å². The van der Waals surface area contributed by atoms with Crippen LogP contribution >= 0.6 is 12.4 Å². The van der Waals surface area contributed by atoms with Gasteiger partial charge in [-0.1, -0.05) is 0 Å². The van der Waals surface area contributed by atoms with Gasteiger partial charge in [0, 0.05) is 12.3 Å². The SMILES string of the molecule is COc1ccc2nccc(N)c2n1.Cl. The number of fused-ring (bicyclic) bond motifs is 1. The molecular formula is C9H10ClN3O. The van der Waals surface area contributed by atoms with E-state index in [1.54, 1.807) is 25.4 Å². The van der Waals surface area contributed by atoms with Crippen LogP contribution in [0.15, 0.2) is 24.4 Å². The van der Waals surface area contributed by atoms with Crippen molar-refractivity contribution in [1.29, 1.82) is 0 Å². The van der Waals surface area contributed by atoms with Gasteiger partial charge in [-0.3, -0.25) is 4.98 Å². The Balaban J connectivity index is 0.000000980. The fraction of sp³-hybridized carbons (Fsp3) is 0.111. The first-order valence-corrected chi connectivity index (χ1v) is 3.86. The highest BCUT2D eigenvalue weighted by atomic mass is 35.5. The van der Waals surface area contributed by atoms with Crippen LogP contribution in [0, 0.1) is 0 Å². The maximum atomic E-state index is 5.72. The molecule has 0 radical (unpaired) electrons. The van der Waals surface area contributed by atoms with Crippen LogP contribution < -0.4 is 10.5 Å². The molecule has 4 nitrogen and oxygen atoms in total. The molecule has 0 aliphatic heterocycles. The number of anilines is 1. The van der Waals surface area contributed by atoms with Crippen molar-refractivity contribution in [2.45, 2.75) is 0 Å². The lowest BCUT2D eigenvalue weighted by atomic mass is 10.3. The first kappa shape index (κ1) is 10.5. The third-order valence-electron chi connectivity index (χ3n) is 1.80. The topological polar surface area (TPSA) is 61.0 Å². The molecule has 0 aliphatic rings. The van der Waals surface area contributed by atoms with Gasteiger partial charge in [-0.05, 0) is 12.1 Å². The average Bonchev–Trinajstić information content (AvgIpc) is 2.18. The second-order valence-corrected chi connectivity index (χ2v) is 2.62. The molecule has 14 heavy (non-hydrogen) atoms. The van der Waals surface area contributed by atoms with Gasteiger partial charge in [0.25, 0.3) is 0 Å². The Bertz CT molecular complexity index is 447. The van der Waals surface area contributed by atoms with Crippen molar-refractivity contribution >= 4 is 29.1 Å². The minimum Gasteiger partial charge on any atom is -0.481 e. The lowest BCUT2D eigenvalue weighted by Gasteiger charge is -2.02. The number of hydrogen-bond donors (Lipinski definition) is 1. The van der Waals surface area contributed by atoms with E-state index in [1.807, 2.05) is 6.07 Å². The molecule has 0 bridgehead atoms. The standard InChI is InChI=1S/C9H9N3O.ClH/c1-13-8-3-2-7-9(12-8)6(10)4-5-11-7;/h2-5H,1H3,(H2,10,11);1H. The largest absolute Gasteiger partial charge is 0.481 e. The first-order valence-electron chi connectivity index (χ1n) is 3.86. The van der Waals surface area contributed by atoms with E-state index in [0.29, 0.717) is 17.1 Å². The minimum absolute atomic E-state index is 0. The minimum atomic E-state index is 0. The number of nitrogens with two attached hydrogens (primary N) is 1. The number of halogens is 1. The molecule has 0 atom stereocenters. The number of aromatic nitrogens is 2. The molecule has 0 fully saturated rings. The summed E-state index contributed by atoms with van der Waals surface area (Å²) in [4.78, 5) is 8.30. The normalized spacial score (nSPS) is 9.50. The van der Waals surface area contributed by atoms with E-state index in [-0.39, 0.29) is 12.4 Å². The highest BCUT2D eigenvalue weighted by Crippen LogP contribution is 2.18. The lowest BCUT2D eigenvalue weighted by molar-refractivity contribution is 0.399. The highest BCUT2D eigenvalue weighted by Gasteiger charge is 2.01. The summed E-state index contributed by atoms with van der Waals surface area (Å²) >= 11 is 0. The number of rotatable bonds is 1. The molecule has 5 heteroatoms. The number of hydrogen-bond acceptors (Lipinski definition) is 4. The summed E-state index contributed by atoms with van der Waals surface area (Å²) in [5, 5.41) is 0. The smallest absolute Gasteiger partial charge is 0.213 e. The highest BCUT2D eigenvalue weighted by molar-refractivity contribution is 5.86. The molecule has 0 amide bonds. The Labute approximate surface area is 87.5 Å². The summed E-state index contributed by atoms with van der Waals surface area (Å²) in [5.74, 6) is 0.548. The maximum absolute atomic E-state index is 5.72. The summed E-state index contributed by atoms with van der Waals surface area (Å²) in [6.45, 7) is 0. The Hall–Kier alpha value is -1.55. The van der Waals surface area contributed by atoms with Crippen molar-refractivity contribution in [3.8, 4) is 5.88 Å². The summed E-state index contributed by atoms with van der Waals surface area (Å²) in [5.41, 5.74) is 7.80. The van der Waals surface area contributed by atoms with Gasteiger partial charge in [0.1, 0.15) is 5.52 Å². The zero-order chi connectivity index (χ0) is 9.26. The molecule has 0 aromatic carbocycles. The Kier molecular flexibility index (Phi) is 3.09. The van der Waals surface area contributed by atoms with Gasteiger partial charge in [-0.25, -0.2) is 4.98 Å². The molecule has 0 spiro atoms. The van der Waals surface area contributed by atoms with Gasteiger partial charge >= 0.3 is 0 Å². The molecule has 2 N–H and O–H groups in total. The molecule has 0 saturated heterocycles. The second kappa shape index (κ2) is 4.11. The van der Waals surface area contributed by atoms with Crippen molar-refractivity contribution in [2.24, 2.45) is 0 Å². The zero-order valence-corrected chi connectivity index (χ0v) is 8.41. The van der Waals surface area contributed by atoms with E-state index < -0.39 is 0 Å². The number of pyridine rings is 2. The number of nitrogens with zero attached hydrogens (tertiary/aromatic N) is 2. The summed E-state index contributed by atoms with van der Waals surface area (Å²) in [7, 11) is 1.57. The van der Waals surface area contributed by atoms with E-state index in [1.165, 1.54) is 0 Å². The predicted molar refractivity (Wildman–Crippen MR) is 57.8 cm³/mol. The molecule has 0 aliphatic carbocycles. The molecule has 2 aromatic rings. The van der Waals surface area contributed by atoms with Gasteiger partial charge in [0.15, 0.2) is 0 Å². The Morgan fingerprint density at radius 1 is 1.29 bits per heavy atom. The van der Waals surface area contributed by atoms with Crippen LogP contribution in [0.5, 0.6) is 5.88 Å². The van der Waals surface area contributed by atoms with Crippen LogP contribution in [0.3, 0.4) is 0 Å². The van der Waals surface area contributed by atoms with Gasteiger partial charge in [-0.2, -0.15) is 0 Å². The predicted octanol–water partition coefficient (Wildman–Crippen LogP) is 1.64. The molecule has 74 valence electrons. The number of methoxy groups -OCH3 is 1. The quantitative estimate of drug-likeness (QED) is 0.779. The molecule has 0 unspecified atom stereocenters. The maximum Gasteiger partial charge on any atom is 0.213 e. The van der Waals surface area contributed by atoms with Crippen LogP contribution in [0.1, 0.15) is 0 Å². The Morgan fingerprint density at radius 2 is 2.07 bits per heavy atom. The monoisotopic (exact) mass is 211 g/mol. The fourth-order valence-corrected chi connectivity index (χ4v) is 1.14. The van der Waals surface area contributed by atoms with Crippen LogP contribution in [0.2, 0.25) is 0 Å². The van der Waals surface area contributed by atoms with Crippen molar-refractivity contribution < 1.29 is 4.74 Å². The average molecular weight is 212 g/mol. The van der Waals surface area contributed by atoms with E-state index in [2.05, 4.69) is 9.97 Å². The van der Waals surface area contributed by atoms with Gasteiger partial charge in [0.05, 0.1) is 18.3 Å². The number of nitrogen functional groups attached to an aromatic ring is 1. The molecule has 0 saturated carbocycles. The molecule has 2 rings (SSSR count). The van der Waals surface area contributed by atoms with Crippen LogP contribution in [-0.2, 0) is 0 Å². The third-order valence-corrected chi connectivity index (χ3v) is 1.80. The van der Waals surface area contributed by atoms with Crippen LogP contribution in [0.4, 0.5) is 5.69 Å². The van der Waals surface area contributed by atoms with Gasteiger partial charge in [-0.15, -0.1) is 12.4 Å². The van der Waals surface area contributed by atoms with E-state index in [9.17, 15) is 0 Å². The fourth-order valence-electron chi connectivity index (χ4n) is 1.14. The second-order valence-electron chi connectivity index (χ2n) is 2.62.